The van der Waals surface area contributed by atoms with Gasteiger partial charge in [-0.2, -0.15) is 0 Å². The van der Waals surface area contributed by atoms with Crippen LogP contribution in [0.2, 0.25) is 0 Å². The summed E-state index contributed by atoms with van der Waals surface area (Å²) in [6.45, 7) is -0.592. The number of hydrogen-bond donors (Lipinski definition) is 1. The average Bonchev–Trinajstić information content (AvgIpc) is 3.15. The first-order valence-electron chi connectivity index (χ1n) is 10.2. The van der Waals surface area contributed by atoms with Crippen LogP contribution in [0.25, 0.3) is 0 Å². The Hall–Kier alpha value is -3.27. The molecule has 2 aliphatic heterocycles. The van der Waals surface area contributed by atoms with Crippen molar-refractivity contribution in [2.45, 2.75) is 31.3 Å². The molecule has 0 spiro atoms. The molecule has 0 unspecified atom stereocenters. The minimum absolute atomic E-state index is 0.0636. The van der Waals surface area contributed by atoms with Crippen LogP contribution in [-0.2, 0) is 31.9 Å². The van der Waals surface area contributed by atoms with Gasteiger partial charge in [-0.1, -0.05) is 18.2 Å². The zero-order valence-corrected chi connectivity index (χ0v) is 19.2. The molecular weight excluding hydrogens is 499 g/mol. The summed E-state index contributed by atoms with van der Waals surface area (Å²) in [5.74, 6) is -2.38. The van der Waals surface area contributed by atoms with Crippen molar-refractivity contribution in [3.05, 3.63) is 63.4 Å². The summed E-state index contributed by atoms with van der Waals surface area (Å²) < 4.78 is 23.8. The van der Waals surface area contributed by atoms with E-state index in [1.54, 1.807) is 0 Å². The summed E-state index contributed by atoms with van der Waals surface area (Å²) in [5, 5.41) is 2.52. The van der Waals surface area contributed by atoms with Gasteiger partial charge in [0, 0.05) is 12.0 Å². The molecule has 1 N–H and O–H groups in total. The van der Waals surface area contributed by atoms with Crippen molar-refractivity contribution in [1.29, 1.82) is 0 Å². The molecule has 2 aromatic rings. The van der Waals surface area contributed by atoms with Crippen molar-refractivity contribution < 1.29 is 33.0 Å². The fourth-order valence-electron chi connectivity index (χ4n) is 4.14. The summed E-state index contributed by atoms with van der Waals surface area (Å²) in [6, 6.07) is 7.56. The molecule has 2 atom stereocenters. The average molecular weight is 519 g/mol. The standard InChI is InChI=1S/C23H20BrFN2O6/c1-32-23(31)26-17-8-6-12-3-2-4-14-10-18(27(20(12)14)21(17)29)22(30)33-11-19(28)13-5-7-15(24)16(25)9-13/h2-5,7,9,17-18H,6,8,10-11H2,1H3,(H,26,31)/t17-,18-/m0/s1. The van der Waals surface area contributed by atoms with Crippen LogP contribution in [0.1, 0.15) is 27.9 Å². The number of hydrogen-bond acceptors (Lipinski definition) is 6. The van der Waals surface area contributed by atoms with Crippen LogP contribution in [0.4, 0.5) is 14.9 Å². The Bertz CT molecular complexity index is 1150. The number of amides is 2. The Kier molecular flexibility index (Phi) is 6.46. The van der Waals surface area contributed by atoms with Gasteiger partial charge >= 0.3 is 12.1 Å². The third kappa shape index (κ3) is 4.47. The molecule has 8 nitrogen and oxygen atoms in total. The van der Waals surface area contributed by atoms with Crippen LogP contribution < -0.4 is 10.2 Å². The van der Waals surface area contributed by atoms with Crippen LogP contribution >= 0.6 is 15.9 Å². The van der Waals surface area contributed by atoms with Gasteiger partial charge in [0.05, 0.1) is 17.3 Å². The lowest BCUT2D eigenvalue weighted by Gasteiger charge is -2.27. The number of rotatable bonds is 5. The molecule has 172 valence electrons. The fourth-order valence-corrected chi connectivity index (χ4v) is 4.39. The van der Waals surface area contributed by atoms with E-state index >= 15 is 0 Å². The number of nitrogens with one attached hydrogen (secondary N) is 1. The quantitative estimate of drug-likeness (QED) is 0.482. The Morgan fingerprint density at radius 2 is 1.97 bits per heavy atom. The molecule has 0 aliphatic carbocycles. The third-order valence-electron chi connectivity index (χ3n) is 5.74. The maximum atomic E-state index is 13.7. The van der Waals surface area contributed by atoms with E-state index in [1.807, 2.05) is 18.2 Å². The molecule has 33 heavy (non-hydrogen) atoms. The molecule has 10 heteroatoms. The highest BCUT2D eigenvalue weighted by Crippen LogP contribution is 2.39. The molecule has 0 fully saturated rings. The Morgan fingerprint density at radius 3 is 2.70 bits per heavy atom. The third-order valence-corrected chi connectivity index (χ3v) is 6.39. The molecule has 0 saturated carbocycles. The number of benzene rings is 2. The smallest absolute Gasteiger partial charge is 0.407 e. The summed E-state index contributed by atoms with van der Waals surface area (Å²) in [7, 11) is 1.20. The van der Waals surface area contributed by atoms with Gasteiger partial charge in [0.15, 0.2) is 12.4 Å². The van der Waals surface area contributed by atoms with E-state index < -0.39 is 48.3 Å². The second-order valence-electron chi connectivity index (χ2n) is 7.74. The summed E-state index contributed by atoms with van der Waals surface area (Å²) in [5.41, 5.74) is 2.39. The van der Waals surface area contributed by atoms with Crippen LogP contribution in [0.15, 0.2) is 40.9 Å². The van der Waals surface area contributed by atoms with E-state index in [1.165, 1.54) is 24.1 Å². The molecule has 0 bridgehead atoms. The van der Waals surface area contributed by atoms with Crippen LogP contribution in [-0.4, -0.2) is 49.6 Å². The molecule has 2 aromatic carbocycles. The number of ether oxygens (including phenoxy) is 2. The predicted molar refractivity (Wildman–Crippen MR) is 118 cm³/mol. The minimum Gasteiger partial charge on any atom is -0.456 e. The maximum Gasteiger partial charge on any atom is 0.407 e. The SMILES string of the molecule is COC(=O)N[C@H]1CCc2cccc3c2N(C1=O)[C@H](C(=O)OCC(=O)c1ccc(Br)c(F)c1)C3. The number of carbonyl (C=O) groups excluding carboxylic acids is 4. The highest BCUT2D eigenvalue weighted by molar-refractivity contribution is 9.10. The van der Waals surface area contributed by atoms with E-state index in [0.717, 1.165) is 17.2 Å². The normalized spacial score (nSPS) is 18.9. The van der Waals surface area contributed by atoms with Crippen LogP contribution in [0.5, 0.6) is 0 Å². The zero-order chi connectivity index (χ0) is 23.7. The number of Topliss-reactive ketones (excluding diaryl/α,β-unsaturated/α-hetero) is 1. The molecule has 0 aromatic heterocycles. The highest BCUT2D eigenvalue weighted by Gasteiger charge is 2.44. The second kappa shape index (κ2) is 9.30. The van der Waals surface area contributed by atoms with E-state index in [-0.39, 0.29) is 16.5 Å². The Balaban J connectivity index is 1.53. The van der Waals surface area contributed by atoms with Gasteiger partial charge in [-0.25, -0.2) is 14.0 Å². The first-order valence-corrected chi connectivity index (χ1v) is 11.0. The van der Waals surface area contributed by atoms with Crippen molar-refractivity contribution in [3.63, 3.8) is 0 Å². The zero-order valence-electron chi connectivity index (χ0n) is 17.6. The molecule has 0 radical (unpaired) electrons. The number of anilines is 1. The number of aryl methyl sites for hydroxylation is 1. The number of nitrogens with zero attached hydrogens (tertiary/aromatic N) is 1. The van der Waals surface area contributed by atoms with Gasteiger partial charge in [-0.05, 0) is 58.1 Å². The number of alkyl carbamates (subject to hydrolysis) is 1. The van der Waals surface area contributed by atoms with Gasteiger partial charge < -0.3 is 14.8 Å². The molecule has 0 saturated heterocycles. The number of halogens is 2. The van der Waals surface area contributed by atoms with E-state index in [2.05, 4.69) is 26.0 Å². The van der Waals surface area contributed by atoms with E-state index in [0.29, 0.717) is 18.5 Å². The molecule has 4 rings (SSSR count). The van der Waals surface area contributed by atoms with Gasteiger partial charge in [-0.15, -0.1) is 0 Å². The van der Waals surface area contributed by atoms with Gasteiger partial charge in [0.1, 0.15) is 17.9 Å². The van der Waals surface area contributed by atoms with Crippen molar-refractivity contribution in [2.24, 2.45) is 0 Å². The van der Waals surface area contributed by atoms with Crippen molar-refractivity contribution in [1.82, 2.24) is 5.32 Å². The molecule has 2 aliphatic rings. The monoisotopic (exact) mass is 518 g/mol. The predicted octanol–water partition coefficient (Wildman–Crippen LogP) is 2.94. The Morgan fingerprint density at radius 1 is 1.21 bits per heavy atom. The first kappa shape index (κ1) is 22.9. The Labute approximate surface area is 197 Å². The summed E-state index contributed by atoms with van der Waals surface area (Å²) in [4.78, 5) is 51.7. The lowest BCUT2D eigenvalue weighted by atomic mass is 10.0. The topological polar surface area (TPSA) is 102 Å². The lowest BCUT2D eigenvalue weighted by molar-refractivity contribution is -0.145. The minimum atomic E-state index is -0.983. The largest absolute Gasteiger partial charge is 0.456 e. The van der Waals surface area contributed by atoms with Crippen LogP contribution in [0, 0.1) is 5.82 Å². The van der Waals surface area contributed by atoms with Crippen molar-refractivity contribution >= 4 is 45.4 Å². The maximum absolute atomic E-state index is 13.7. The summed E-state index contributed by atoms with van der Waals surface area (Å²) >= 11 is 3.02. The number of para-hydroxylation sites is 1. The fraction of sp³-hybridized carbons (Fsp3) is 0.304. The van der Waals surface area contributed by atoms with Crippen molar-refractivity contribution in [3.8, 4) is 0 Å². The van der Waals surface area contributed by atoms with Gasteiger partial charge in [-0.3, -0.25) is 14.5 Å². The molecule has 2 amide bonds. The lowest BCUT2D eigenvalue weighted by Crippen LogP contribution is -2.52. The van der Waals surface area contributed by atoms with E-state index in [9.17, 15) is 23.6 Å². The molecular formula is C23H20BrFN2O6. The highest BCUT2D eigenvalue weighted by atomic mass is 79.9. The van der Waals surface area contributed by atoms with Gasteiger partial charge in [0.2, 0.25) is 0 Å². The van der Waals surface area contributed by atoms with Crippen molar-refractivity contribution in [2.75, 3.05) is 18.6 Å². The first-order chi connectivity index (χ1) is 15.8. The number of carbonyl (C=O) groups is 4. The number of ketones is 1. The second-order valence-corrected chi connectivity index (χ2v) is 8.59. The summed E-state index contributed by atoms with van der Waals surface area (Å²) in [6.07, 6.45) is 0.344. The number of esters is 1. The van der Waals surface area contributed by atoms with E-state index in [4.69, 9.17) is 4.74 Å². The van der Waals surface area contributed by atoms with Gasteiger partial charge in [0.25, 0.3) is 5.91 Å². The molecule has 2 heterocycles. The number of methoxy groups -OCH3 is 1. The van der Waals surface area contributed by atoms with Crippen LogP contribution in [0.3, 0.4) is 0 Å².